The van der Waals surface area contributed by atoms with Gasteiger partial charge < -0.3 is 17.2 Å². The third kappa shape index (κ3) is 6.70. The Kier molecular flexibility index (Phi) is 10.3. The van der Waals surface area contributed by atoms with E-state index in [-0.39, 0.29) is 23.0 Å². The van der Waals surface area contributed by atoms with Gasteiger partial charge in [0.05, 0.1) is 11.9 Å². The number of rotatable bonds is 4. The van der Waals surface area contributed by atoms with E-state index in [9.17, 15) is 0 Å². The number of nitrogens with two attached hydrogens (primary N) is 4. The molecule has 0 aliphatic carbocycles. The van der Waals surface area contributed by atoms with Crippen LogP contribution in [-0.4, -0.2) is 42.9 Å². The number of nitrogens with one attached hydrogen (secondary N) is 1. The molecule has 3 aromatic heterocycles. The van der Waals surface area contributed by atoms with Crippen LogP contribution in [0, 0.1) is 0 Å². The van der Waals surface area contributed by atoms with Gasteiger partial charge in [0.2, 0.25) is 0 Å². The van der Waals surface area contributed by atoms with Crippen molar-refractivity contribution in [1.82, 2.24) is 30.1 Å². The Bertz CT molecular complexity index is 1210. The number of imidazole rings is 1. The van der Waals surface area contributed by atoms with Gasteiger partial charge in [-0.3, -0.25) is 0 Å². The maximum Gasteiger partial charge on any atom is 0.159 e. The van der Waals surface area contributed by atoms with Gasteiger partial charge in [0.25, 0.3) is 0 Å². The summed E-state index contributed by atoms with van der Waals surface area (Å²) in [7, 11) is 0. The first kappa shape index (κ1) is 26.6. The summed E-state index contributed by atoms with van der Waals surface area (Å²) < 4.78 is 1.67. The van der Waals surface area contributed by atoms with Gasteiger partial charge in [-0.05, 0) is 30.6 Å². The number of thioether (sulfide) groups is 1. The highest BCUT2D eigenvalue weighted by Crippen LogP contribution is 2.24. The van der Waals surface area contributed by atoms with Crippen LogP contribution in [0.3, 0.4) is 0 Å². The van der Waals surface area contributed by atoms with Crippen molar-refractivity contribution in [2.45, 2.75) is 13.3 Å². The minimum absolute atomic E-state index is 0.0399. The molecule has 9 N–H and O–H groups in total. The molecule has 0 spiro atoms. The van der Waals surface area contributed by atoms with Crippen LogP contribution < -0.4 is 28.6 Å². The van der Waals surface area contributed by atoms with Crippen LogP contribution in [0.4, 0.5) is 11.6 Å². The number of fused-ring (bicyclic) bond motifs is 1. The van der Waals surface area contributed by atoms with Crippen LogP contribution in [0.2, 0.25) is 5.15 Å². The highest BCUT2D eigenvalue weighted by molar-refractivity contribution is 7.97. The quantitative estimate of drug-likeness (QED) is 0.120. The van der Waals surface area contributed by atoms with E-state index >= 15 is 0 Å². The van der Waals surface area contributed by atoms with Gasteiger partial charge in [-0.25, -0.2) is 30.8 Å². The van der Waals surface area contributed by atoms with Crippen molar-refractivity contribution in [1.29, 1.82) is 0 Å². The van der Waals surface area contributed by atoms with Crippen LogP contribution in [0.15, 0.2) is 54.0 Å². The van der Waals surface area contributed by atoms with Crippen molar-refractivity contribution in [3.05, 3.63) is 65.2 Å². The summed E-state index contributed by atoms with van der Waals surface area (Å²) in [5.41, 5.74) is 22.8. The zero-order valence-electron chi connectivity index (χ0n) is 19.1. The molecule has 1 aromatic carbocycles. The largest absolute Gasteiger partial charge is 0.383 e. The van der Waals surface area contributed by atoms with Gasteiger partial charge in [-0.15, -0.1) is 5.10 Å². The second-order valence-corrected chi connectivity index (χ2v) is 7.85. The predicted molar refractivity (Wildman–Crippen MR) is 141 cm³/mol. The SMILES string of the molecule is CCc1cc2ncc(Cl)n2nc1-c1ccccc1.CSC.NN/N=C(\N)c1c(N)ncnc1N. The third-order valence-electron chi connectivity index (χ3n) is 4.31. The van der Waals surface area contributed by atoms with Gasteiger partial charge >= 0.3 is 0 Å². The standard InChI is InChI=1S/C14H12ClN3.C5H10N8.C2H6S/c1-2-10-8-13-16-9-12(15)18(13)17-14(10)11-6-4-3-5-7-11;6-3-2(5(8)12-13-9)4(7)11-1-10-3;1-3-2/h3-9H,2H2,1H3;1,13H,9H2,(H2,8,12)(H4,6,7,10,11);1-2H3. The Morgan fingerprint density at radius 1 is 1.12 bits per heavy atom. The molecule has 4 rings (SSSR count). The Hall–Kier alpha value is -3.61. The lowest BCUT2D eigenvalue weighted by Gasteiger charge is -2.08. The van der Waals surface area contributed by atoms with Crippen LogP contribution >= 0.6 is 23.4 Å². The molecule has 0 atom stereocenters. The van der Waals surface area contributed by atoms with Gasteiger partial charge in [0.15, 0.2) is 16.6 Å². The number of nitrogens with zero attached hydrogens (tertiary/aromatic N) is 6. The molecular formula is C21H28ClN11S. The lowest BCUT2D eigenvalue weighted by molar-refractivity contribution is 0.803. The number of aryl methyl sites for hydroxylation is 1. The van der Waals surface area contributed by atoms with Crippen LogP contribution in [0.5, 0.6) is 0 Å². The maximum absolute atomic E-state index is 6.07. The minimum atomic E-state index is 0.0399. The molecule has 0 amide bonds. The number of hydrazone groups is 1. The molecule has 0 aliphatic rings. The monoisotopic (exact) mass is 501 g/mol. The predicted octanol–water partition coefficient (Wildman–Crippen LogP) is 2.32. The lowest BCUT2D eigenvalue weighted by atomic mass is 10.1. The number of halogens is 1. The Balaban J connectivity index is 0.000000226. The highest BCUT2D eigenvalue weighted by Gasteiger charge is 2.11. The molecule has 3 heterocycles. The molecule has 0 saturated carbocycles. The minimum Gasteiger partial charge on any atom is -0.383 e. The van der Waals surface area contributed by atoms with Gasteiger partial charge in [0, 0.05) is 5.56 Å². The number of aromatic nitrogens is 5. The van der Waals surface area contributed by atoms with Crippen molar-refractivity contribution in [2.24, 2.45) is 16.7 Å². The fraction of sp³-hybridized carbons (Fsp3) is 0.190. The zero-order valence-corrected chi connectivity index (χ0v) is 20.7. The summed E-state index contributed by atoms with van der Waals surface area (Å²) >= 11 is 7.82. The van der Waals surface area contributed by atoms with E-state index in [2.05, 4.69) is 44.2 Å². The zero-order chi connectivity index (χ0) is 25.1. The first-order valence-electron chi connectivity index (χ1n) is 10.0. The number of hydrogen-bond acceptors (Lipinski definition) is 10. The van der Waals surface area contributed by atoms with E-state index in [1.807, 2.05) is 42.3 Å². The first-order chi connectivity index (χ1) is 16.4. The summed E-state index contributed by atoms with van der Waals surface area (Å²) in [6, 6.07) is 12.2. The maximum atomic E-state index is 6.07. The summed E-state index contributed by atoms with van der Waals surface area (Å²) in [6.45, 7) is 2.12. The molecular weight excluding hydrogens is 474 g/mol. The smallest absolute Gasteiger partial charge is 0.159 e. The number of anilines is 2. The lowest BCUT2D eigenvalue weighted by Crippen LogP contribution is -2.25. The molecule has 0 radical (unpaired) electrons. The molecule has 0 fully saturated rings. The Morgan fingerprint density at radius 3 is 2.29 bits per heavy atom. The molecule has 4 aromatic rings. The Morgan fingerprint density at radius 2 is 1.74 bits per heavy atom. The number of nitrogen functional groups attached to an aromatic ring is 2. The molecule has 13 heteroatoms. The number of amidine groups is 1. The van der Waals surface area contributed by atoms with E-state index in [4.69, 9.17) is 34.6 Å². The second-order valence-electron chi connectivity index (χ2n) is 6.64. The fourth-order valence-electron chi connectivity index (χ4n) is 2.83. The van der Waals surface area contributed by atoms with Crippen molar-refractivity contribution in [3.8, 4) is 11.3 Å². The van der Waals surface area contributed by atoms with E-state index < -0.39 is 0 Å². The molecule has 0 bridgehead atoms. The van der Waals surface area contributed by atoms with E-state index in [0.717, 1.165) is 23.3 Å². The number of hydrazine groups is 1. The van der Waals surface area contributed by atoms with Crippen molar-refractivity contribution in [2.75, 3.05) is 24.0 Å². The number of benzene rings is 1. The highest BCUT2D eigenvalue weighted by atomic mass is 35.5. The topological polar surface area (TPSA) is 184 Å². The van der Waals surface area contributed by atoms with Gasteiger partial charge in [0.1, 0.15) is 23.5 Å². The van der Waals surface area contributed by atoms with Crippen molar-refractivity contribution in [3.63, 3.8) is 0 Å². The molecule has 180 valence electrons. The molecule has 0 unspecified atom stereocenters. The second kappa shape index (κ2) is 13.2. The first-order valence-corrected chi connectivity index (χ1v) is 12.0. The van der Waals surface area contributed by atoms with Gasteiger partial charge in [-0.2, -0.15) is 16.9 Å². The van der Waals surface area contributed by atoms with Crippen LogP contribution in [-0.2, 0) is 6.42 Å². The third-order valence-corrected chi connectivity index (χ3v) is 4.56. The summed E-state index contributed by atoms with van der Waals surface area (Å²) in [6.07, 6.45) is 7.85. The number of hydrogen-bond donors (Lipinski definition) is 5. The fourth-order valence-corrected chi connectivity index (χ4v) is 3.01. The average molecular weight is 502 g/mol. The summed E-state index contributed by atoms with van der Waals surface area (Å²) in [5, 5.41) is 8.63. The van der Waals surface area contributed by atoms with E-state index in [0.29, 0.717) is 5.15 Å². The molecule has 0 saturated heterocycles. The molecule has 11 nitrogen and oxygen atoms in total. The van der Waals surface area contributed by atoms with E-state index in [1.165, 1.54) is 11.9 Å². The van der Waals surface area contributed by atoms with Gasteiger partial charge in [-0.1, -0.05) is 48.9 Å². The van der Waals surface area contributed by atoms with Crippen LogP contribution in [0.25, 0.3) is 16.9 Å². The Labute approximate surface area is 207 Å². The normalized spacial score (nSPS) is 10.7. The van der Waals surface area contributed by atoms with Crippen molar-refractivity contribution >= 4 is 46.5 Å². The van der Waals surface area contributed by atoms with Crippen LogP contribution in [0.1, 0.15) is 18.1 Å². The molecule has 34 heavy (non-hydrogen) atoms. The summed E-state index contributed by atoms with van der Waals surface area (Å²) in [4.78, 5) is 11.6. The summed E-state index contributed by atoms with van der Waals surface area (Å²) in [5.74, 6) is 5.28. The molecule has 0 aliphatic heterocycles. The van der Waals surface area contributed by atoms with E-state index in [1.54, 1.807) is 22.5 Å². The average Bonchev–Trinajstić information content (AvgIpc) is 3.19. The van der Waals surface area contributed by atoms with Crippen molar-refractivity contribution < 1.29 is 0 Å².